The van der Waals surface area contributed by atoms with Gasteiger partial charge in [-0.3, -0.25) is 9.59 Å². The number of Topliss-reactive ketones (excluding diaryl/α,β-unsaturated/α-hetero) is 1. The first-order valence-electron chi connectivity index (χ1n) is 15.4. The minimum absolute atomic E-state index is 0.0317. The molecule has 2 aliphatic rings. The Kier molecular flexibility index (Phi) is 12.7. The molecule has 2 rings (SSSR count). The van der Waals surface area contributed by atoms with Gasteiger partial charge in [-0.05, 0) is 76.4 Å². The molecule has 0 N–H and O–H groups in total. The molecule has 1 atom stereocenters. The molecule has 0 heterocycles. The van der Waals surface area contributed by atoms with E-state index >= 15 is 0 Å². The van der Waals surface area contributed by atoms with Crippen molar-refractivity contribution in [2.45, 2.75) is 101 Å². The predicted octanol–water partition coefficient (Wildman–Crippen LogP) is 11.0. The minimum atomic E-state index is -0.624. The van der Waals surface area contributed by atoms with Gasteiger partial charge in [-0.25, -0.2) is 0 Å². The first-order valence-corrected chi connectivity index (χ1v) is 15.4. The molecule has 1 unspecified atom stereocenters. The first-order chi connectivity index (χ1) is 19.6. The number of allylic oxidation sites excluding steroid dienone is 20. The van der Waals surface area contributed by atoms with Crippen molar-refractivity contribution in [1.29, 1.82) is 0 Å². The molecule has 226 valence electrons. The Morgan fingerprint density at radius 1 is 0.667 bits per heavy atom. The maximum Gasteiger partial charge on any atom is 0.162 e. The summed E-state index contributed by atoms with van der Waals surface area (Å²) < 4.78 is 0. The van der Waals surface area contributed by atoms with E-state index in [0.29, 0.717) is 12.8 Å². The van der Waals surface area contributed by atoms with Crippen LogP contribution in [-0.4, -0.2) is 11.6 Å². The number of rotatable bonds is 11. The maximum absolute atomic E-state index is 12.9. The molecule has 0 bridgehead atoms. The van der Waals surface area contributed by atoms with Crippen LogP contribution >= 0.6 is 0 Å². The lowest BCUT2D eigenvalue weighted by molar-refractivity contribution is -0.128. The molecular weight excluding hydrogens is 512 g/mol. The van der Waals surface area contributed by atoms with E-state index < -0.39 is 5.41 Å². The summed E-state index contributed by atoms with van der Waals surface area (Å²) in [6.07, 6.45) is 33.3. The fourth-order valence-electron chi connectivity index (χ4n) is 5.76. The van der Waals surface area contributed by atoms with Crippen molar-refractivity contribution in [3.05, 3.63) is 119 Å². The lowest BCUT2D eigenvalue weighted by Crippen LogP contribution is -2.36. The SMILES string of the molecule is CC(C=CC(=O)C1(C)CC(=O)CC1(C)C)=CC=CC(C)=C/C=C/C=C(C)/C=C/C=C(C)/C=C/C1=C(C)CCCC1(C)C. The molecule has 1 saturated carbocycles. The van der Waals surface area contributed by atoms with Crippen LogP contribution in [0, 0.1) is 16.2 Å². The van der Waals surface area contributed by atoms with Gasteiger partial charge in [-0.1, -0.05) is 141 Å². The number of ketones is 2. The van der Waals surface area contributed by atoms with Gasteiger partial charge in [0.05, 0.1) is 0 Å². The molecule has 1 fully saturated rings. The van der Waals surface area contributed by atoms with Gasteiger partial charge in [0.2, 0.25) is 0 Å². The highest BCUT2D eigenvalue weighted by Gasteiger charge is 2.52. The Bertz CT molecular complexity index is 1320. The molecule has 0 aromatic heterocycles. The molecule has 0 aliphatic heterocycles. The van der Waals surface area contributed by atoms with Crippen molar-refractivity contribution < 1.29 is 9.59 Å². The average molecular weight is 567 g/mol. The minimum Gasteiger partial charge on any atom is -0.300 e. The van der Waals surface area contributed by atoms with E-state index in [2.05, 4.69) is 90.2 Å². The predicted molar refractivity (Wildman–Crippen MR) is 182 cm³/mol. The Hall–Kier alpha value is -3.26. The van der Waals surface area contributed by atoms with E-state index in [-0.39, 0.29) is 22.4 Å². The molecule has 0 spiro atoms. The van der Waals surface area contributed by atoms with Crippen LogP contribution in [0.3, 0.4) is 0 Å². The van der Waals surface area contributed by atoms with Crippen LogP contribution in [0.15, 0.2) is 119 Å². The summed E-state index contributed by atoms with van der Waals surface area (Å²) in [5.74, 6) is 0.208. The van der Waals surface area contributed by atoms with Crippen LogP contribution in [0.5, 0.6) is 0 Å². The lowest BCUT2D eigenvalue weighted by atomic mass is 9.66. The van der Waals surface area contributed by atoms with Gasteiger partial charge in [0.1, 0.15) is 5.78 Å². The van der Waals surface area contributed by atoms with Gasteiger partial charge >= 0.3 is 0 Å². The fraction of sp³-hybridized carbons (Fsp3) is 0.450. The fourth-order valence-corrected chi connectivity index (χ4v) is 5.76. The van der Waals surface area contributed by atoms with E-state index in [1.807, 2.05) is 58.1 Å². The van der Waals surface area contributed by atoms with Crippen molar-refractivity contribution in [3.8, 4) is 0 Å². The number of hydrogen-bond donors (Lipinski definition) is 0. The molecule has 2 nitrogen and oxygen atoms in total. The molecular formula is C40H54O2. The van der Waals surface area contributed by atoms with Crippen molar-refractivity contribution in [3.63, 3.8) is 0 Å². The summed E-state index contributed by atoms with van der Waals surface area (Å²) in [5, 5.41) is 0. The second kappa shape index (κ2) is 15.3. The summed E-state index contributed by atoms with van der Waals surface area (Å²) in [4.78, 5) is 24.9. The highest BCUT2D eigenvalue weighted by molar-refractivity contribution is 6.01. The second-order valence-corrected chi connectivity index (χ2v) is 13.8. The zero-order valence-corrected chi connectivity index (χ0v) is 27.9. The van der Waals surface area contributed by atoms with Gasteiger partial charge in [0, 0.05) is 18.3 Å². The molecule has 42 heavy (non-hydrogen) atoms. The van der Waals surface area contributed by atoms with Crippen LogP contribution in [0.4, 0.5) is 0 Å². The summed E-state index contributed by atoms with van der Waals surface area (Å²) in [7, 11) is 0. The first kappa shape index (κ1) is 34.9. The van der Waals surface area contributed by atoms with Crippen LogP contribution in [0.1, 0.15) is 101 Å². The normalized spacial score (nSPS) is 24.6. The van der Waals surface area contributed by atoms with E-state index in [4.69, 9.17) is 0 Å². The quantitative estimate of drug-likeness (QED) is 0.184. The van der Waals surface area contributed by atoms with E-state index in [0.717, 1.165) is 11.1 Å². The van der Waals surface area contributed by atoms with E-state index in [1.165, 1.54) is 41.6 Å². The molecule has 0 aromatic carbocycles. The third-order valence-corrected chi connectivity index (χ3v) is 9.05. The van der Waals surface area contributed by atoms with Gasteiger partial charge in [0.15, 0.2) is 5.78 Å². The summed E-state index contributed by atoms with van der Waals surface area (Å²) >= 11 is 0. The molecule has 0 saturated heterocycles. The zero-order valence-electron chi connectivity index (χ0n) is 27.9. The number of carbonyl (C=O) groups excluding carboxylic acids is 2. The molecule has 0 amide bonds. The Morgan fingerprint density at radius 2 is 1.17 bits per heavy atom. The topological polar surface area (TPSA) is 34.1 Å². The monoisotopic (exact) mass is 566 g/mol. The molecule has 0 radical (unpaired) electrons. The third kappa shape index (κ3) is 10.2. The highest BCUT2D eigenvalue weighted by Crippen LogP contribution is 2.51. The summed E-state index contributed by atoms with van der Waals surface area (Å²) in [5.41, 5.74) is 6.92. The van der Waals surface area contributed by atoms with E-state index in [1.54, 1.807) is 6.08 Å². The van der Waals surface area contributed by atoms with Crippen LogP contribution < -0.4 is 0 Å². The maximum atomic E-state index is 12.9. The van der Waals surface area contributed by atoms with Crippen molar-refractivity contribution >= 4 is 11.6 Å². The Balaban J connectivity index is 1.88. The van der Waals surface area contributed by atoms with Gasteiger partial charge in [0.25, 0.3) is 0 Å². The second-order valence-electron chi connectivity index (χ2n) is 13.8. The smallest absolute Gasteiger partial charge is 0.162 e. The standard InChI is InChI=1S/C40H54O2/c1-30(18-13-20-32(3)23-25-36-34(5)22-15-27-38(36,6)7)16-11-12-17-31(2)19-14-21-33(4)24-26-37(42)40(10)29-35(41)28-39(40,8)9/h11-14,16-21,23-26H,15,22,27-29H2,1-10H3/b12-11+,18-13+,19-14?,25-23+,26-24?,30-16+,31-17?,32-20+,33-21?. The van der Waals surface area contributed by atoms with Crippen LogP contribution in [0.2, 0.25) is 0 Å². The lowest BCUT2D eigenvalue weighted by Gasteiger charge is -2.35. The van der Waals surface area contributed by atoms with Crippen LogP contribution in [0.25, 0.3) is 0 Å². The van der Waals surface area contributed by atoms with Crippen LogP contribution in [-0.2, 0) is 9.59 Å². The van der Waals surface area contributed by atoms with Crippen molar-refractivity contribution in [2.24, 2.45) is 16.2 Å². The van der Waals surface area contributed by atoms with E-state index in [9.17, 15) is 9.59 Å². The van der Waals surface area contributed by atoms with Gasteiger partial charge < -0.3 is 0 Å². The van der Waals surface area contributed by atoms with Gasteiger partial charge in [-0.15, -0.1) is 0 Å². The largest absolute Gasteiger partial charge is 0.300 e. The Morgan fingerprint density at radius 3 is 1.67 bits per heavy atom. The van der Waals surface area contributed by atoms with Crippen molar-refractivity contribution in [1.82, 2.24) is 0 Å². The summed E-state index contributed by atoms with van der Waals surface area (Å²) in [6.45, 7) is 21.2. The Labute approximate surface area is 256 Å². The molecule has 0 aromatic rings. The third-order valence-electron chi connectivity index (χ3n) is 9.05. The number of hydrogen-bond acceptors (Lipinski definition) is 2. The molecule has 2 aliphatic carbocycles. The average Bonchev–Trinajstić information content (AvgIpc) is 3.10. The van der Waals surface area contributed by atoms with Gasteiger partial charge in [-0.2, -0.15) is 0 Å². The highest BCUT2D eigenvalue weighted by atomic mass is 16.1. The zero-order chi connectivity index (χ0) is 31.6. The molecule has 2 heteroatoms. The number of carbonyl (C=O) groups is 2. The van der Waals surface area contributed by atoms with Crippen molar-refractivity contribution in [2.75, 3.05) is 0 Å². The summed E-state index contributed by atoms with van der Waals surface area (Å²) in [6, 6.07) is 0.